The molecule has 548 valence electrons. The first-order valence-electron chi connectivity index (χ1n) is 40.2. The van der Waals surface area contributed by atoms with Gasteiger partial charge in [0, 0.05) is 89.3 Å². The Morgan fingerprint density at radius 3 is 1.03 bits per heavy atom. The second-order valence-electron chi connectivity index (χ2n) is 34.1. The first-order valence-corrected chi connectivity index (χ1v) is 40.2. The SMILES string of the molecule is CC(C)(C)c1cccc(-c2ccc3c(c2)N(c2c(-c4ccccc4)cc(C(C)(C)C)cc2-c2ccccc2)c2cc(-n4c5ccccc5c5ccccc54)cc4c2B3c2ccc(-n3c5ccccc5c5cc(N(c6ccccc6)c6ccccc6)ccc53)cc2N4c2c(-c3ccccc3)cc(C(C)(C)C)cc2-c2ccccc2)c1. The molecule has 0 unspecified atom stereocenters. The molecule has 0 aliphatic carbocycles. The van der Waals surface area contributed by atoms with Gasteiger partial charge in [0.15, 0.2) is 0 Å². The quantitative estimate of drug-likeness (QED) is 0.114. The average Bonchev–Trinajstić information content (AvgIpc) is 0.951. The smallest absolute Gasteiger partial charge is 0.252 e. The first-order chi connectivity index (χ1) is 55.5. The molecule has 2 aromatic heterocycles. The lowest BCUT2D eigenvalue weighted by Crippen LogP contribution is -2.61. The number of nitrogens with zero attached hydrogens (tertiary/aromatic N) is 5. The zero-order chi connectivity index (χ0) is 77.3. The number of hydrogen-bond donors (Lipinski definition) is 0. The molecule has 4 heterocycles. The molecule has 0 saturated carbocycles. The van der Waals surface area contributed by atoms with Crippen molar-refractivity contribution in [2.45, 2.75) is 78.6 Å². The molecule has 0 atom stereocenters. The topological polar surface area (TPSA) is 19.6 Å². The van der Waals surface area contributed by atoms with Gasteiger partial charge in [-0.3, -0.25) is 0 Å². The summed E-state index contributed by atoms with van der Waals surface area (Å²) in [5.74, 6) is 0. The molecule has 0 bridgehead atoms. The highest BCUT2D eigenvalue weighted by atomic mass is 15.2. The Kier molecular flexibility index (Phi) is 16.7. The van der Waals surface area contributed by atoms with Gasteiger partial charge in [-0.15, -0.1) is 0 Å². The Morgan fingerprint density at radius 2 is 0.588 bits per heavy atom. The van der Waals surface area contributed by atoms with Crippen LogP contribution in [-0.4, -0.2) is 15.8 Å². The molecule has 2 aliphatic rings. The van der Waals surface area contributed by atoms with Crippen molar-refractivity contribution in [3.05, 3.63) is 387 Å². The number of rotatable bonds is 12. The van der Waals surface area contributed by atoms with Gasteiger partial charge in [0.1, 0.15) is 0 Å². The molecule has 0 spiro atoms. The average molecular weight is 1470 g/mol. The number of para-hydroxylation sites is 5. The van der Waals surface area contributed by atoms with E-state index in [2.05, 4.69) is 456 Å². The number of aromatic nitrogens is 2. The predicted molar refractivity (Wildman–Crippen MR) is 487 cm³/mol. The molecule has 20 rings (SSSR count). The van der Waals surface area contributed by atoms with Crippen LogP contribution in [0.5, 0.6) is 0 Å². The maximum Gasteiger partial charge on any atom is 0.252 e. The normalized spacial score (nSPS) is 12.7. The summed E-state index contributed by atoms with van der Waals surface area (Å²) in [4.78, 5) is 7.85. The third-order valence-corrected chi connectivity index (χ3v) is 23.9. The minimum Gasteiger partial charge on any atom is -0.310 e. The van der Waals surface area contributed by atoms with Crippen LogP contribution in [0.1, 0.15) is 79.0 Å². The van der Waals surface area contributed by atoms with Gasteiger partial charge in [-0.1, -0.05) is 317 Å². The fourth-order valence-electron chi connectivity index (χ4n) is 18.2. The molecular weight excluding hydrogens is 1380 g/mol. The highest BCUT2D eigenvalue weighted by Gasteiger charge is 2.47. The highest BCUT2D eigenvalue weighted by Crippen LogP contribution is 2.56. The van der Waals surface area contributed by atoms with Gasteiger partial charge in [0.2, 0.25) is 0 Å². The van der Waals surface area contributed by atoms with Crippen LogP contribution >= 0.6 is 0 Å². The van der Waals surface area contributed by atoms with Crippen molar-refractivity contribution >= 4 is 118 Å². The summed E-state index contributed by atoms with van der Waals surface area (Å²) in [7, 11) is 0. The van der Waals surface area contributed by atoms with Crippen molar-refractivity contribution < 1.29 is 0 Å². The second-order valence-corrected chi connectivity index (χ2v) is 34.1. The molecule has 114 heavy (non-hydrogen) atoms. The zero-order valence-corrected chi connectivity index (χ0v) is 66.0. The zero-order valence-electron chi connectivity index (χ0n) is 66.0. The summed E-state index contributed by atoms with van der Waals surface area (Å²) >= 11 is 0. The van der Waals surface area contributed by atoms with Crippen molar-refractivity contribution in [3.63, 3.8) is 0 Å². The number of hydrogen-bond acceptors (Lipinski definition) is 3. The molecule has 6 heteroatoms. The minimum absolute atomic E-state index is 0.0861. The number of benzene rings is 16. The molecule has 0 saturated heterocycles. The molecule has 0 N–H and O–H groups in total. The van der Waals surface area contributed by atoms with Gasteiger partial charge in [-0.25, -0.2) is 0 Å². The molecular formula is C108H88BN5. The molecule has 0 radical (unpaired) electrons. The van der Waals surface area contributed by atoms with Crippen molar-refractivity contribution in [2.75, 3.05) is 14.7 Å². The lowest BCUT2D eigenvalue weighted by atomic mass is 9.33. The van der Waals surface area contributed by atoms with Gasteiger partial charge in [-0.2, -0.15) is 0 Å². The van der Waals surface area contributed by atoms with Gasteiger partial charge in [0.25, 0.3) is 6.71 Å². The van der Waals surface area contributed by atoms with Crippen molar-refractivity contribution in [1.29, 1.82) is 0 Å². The van der Waals surface area contributed by atoms with Gasteiger partial charge >= 0.3 is 0 Å². The third-order valence-electron chi connectivity index (χ3n) is 23.9. The second kappa shape index (κ2) is 27.2. The minimum atomic E-state index is -0.297. The molecule has 0 amide bonds. The first kappa shape index (κ1) is 69.8. The number of fused-ring (bicyclic) bond motifs is 10. The maximum atomic E-state index is 2.74. The molecule has 0 fully saturated rings. The van der Waals surface area contributed by atoms with Crippen LogP contribution in [0.4, 0.5) is 51.2 Å². The van der Waals surface area contributed by atoms with E-state index in [0.717, 1.165) is 135 Å². The Hall–Kier alpha value is -13.4. The van der Waals surface area contributed by atoms with E-state index in [0.29, 0.717) is 0 Å². The van der Waals surface area contributed by atoms with E-state index < -0.39 is 0 Å². The van der Waals surface area contributed by atoms with Crippen LogP contribution in [0, 0.1) is 0 Å². The van der Waals surface area contributed by atoms with Crippen molar-refractivity contribution in [1.82, 2.24) is 9.13 Å². The predicted octanol–water partition coefficient (Wildman–Crippen LogP) is 27.7. The van der Waals surface area contributed by atoms with E-state index in [1.807, 2.05) is 0 Å². The summed E-state index contributed by atoms with van der Waals surface area (Å²) in [6.07, 6.45) is 0. The van der Waals surface area contributed by atoms with Crippen LogP contribution in [0.2, 0.25) is 0 Å². The lowest BCUT2D eigenvalue weighted by molar-refractivity contribution is 0.590. The Bertz CT molecular complexity index is 6570. The molecule has 18 aromatic rings. The largest absolute Gasteiger partial charge is 0.310 e. The van der Waals surface area contributed by atoms with E-state index in [1.54, 1.807) is 0 Å². The van der Waals surface area contributed by atoms with Gasteiger partial charge in [0.05, 0.1) is 39.1 Å². The van der Waals surface area contributed by atoms with E-state index in [4.69, 9.17) is 0 Å². The third kappa shape index (κ3) is 11.8. The summed E-state index contributed by atoms with van der Waals surface area (Å²) in [6, 6.07) is 140. The van der Waals surface area contributed by atoms with Crippen LogP contribution in [0.3, 0.4) is 0 Å². The molecule has 5 nitrogen and oxygen atoms in total. The lowest BCUT2D eigenvalue weighted by Gasteiger charge is -2.46. The summed E-state index contributed by atoms with van der Waals surface area (Å²) in [5, 5.41) is 4.74. The molecule has 16 aromatic carbocycles. The van der Waals surface area contributed by atoms with E-state index >= 15 is 0 Å². The highest BCUT2D eigenvalue weighted by molar-refractivity contribution is 7.00. The Morgan fingerprint density at radius 1 is 0.237 bits per heavy atom. The van der Waals surface area contributed by atoms with Crippen LogP contribution in [0.25, 0.3) is 111 Å². The fraction of sp³-hybridized carbons (Fsp3) is 0.111. The standard InChI is InChI=1S/C108H88BN5/c1-106(2,3)77-44-34-43-75(61-77)76-55-58-93-99(62-76)113(104-88(71-35-16-10-17-36-71)63-78(107(4,5)6)64-89(104)72-37-18-11-19-38-72)101-69-84(112-95-52-31-28-49-85(95)86-50-29-32-53-96(86)112)70-102-103(101)109(93)94-59-56-83(68-100(94)114(102)105-90(73-39-20-12-21-40-73)65-79(108(7,8)9)66-91(105)74-41-22-13-23-42-74)111-97-54-33-30-51-87(97)92-67-82(57-60-98(92)111)110(80-45-24-14-25-46-80)81-47-26-15-27-48-81/h10-70H,1-9H3. The summed E-state index contributed by atoms with van der Waals surface area (Å²) < 4.78 is 5.09. The number of anilines is 9. The fourth-order valence-corrected chi connectivity index (χ4v) is 18.2. The molecule has 2 aliphatic heterocycles. The van der Waals surface area contributed by atoms with Crippen LogP contribution < -0.4 is 31.1 Å². The monoisotopic (exact) mass is 1470 g/mol. The summed E-state index contributed by atoms with van der Waals surface area (Å²) in [6.45, 7) is 20.8. The van der Waals surface area contributed by atoms with Crippen LogP contribution in [0.15, 0.2) is 370 Å². The van der Waals surface area contributed by atoms with Crippen LogP contribution in [-0.2, 0) is 16.2 Å². The van der Waals surface area contributed by atoms with E-state index in [-0.39, 0.29) is 23.0 Å². The Balaban J connectivity index is 0.968. The van der Waals surface area contributed by atoms with E-state index in [1.165, 1.54) is 60.2 Å². The van der Waals surface area contributed by atoms with Gasteiger partial charge in [-0.05, 0) is 198 Å². The maximum absolute atomic E-state index is 2.74. The summed E-state index contributed by atoms with van der Waals surface area (Å²) in [5.41, 5.74) is 34.9. The Labute approximate surface area is 669 Å². The van der Waals surface area contributed by atoms with Gasteiger partial charge < -0.3 is 23.8 Å². The van der Waals surface area contributed by atoms with E-state index in [9.17, 15) is 0 Å². The van der Waals surface area contributed by atoms with Crippen molar-refractivity contribution in [3.8, 4) is 67.0 Å². The van der Waals surface area contributed by atoms with Crippen molar-refractivity contribution in [2.24, 2.45) is 0 Å².